The molecule has 6 nitrogen and oxygen atoms in total. The Morgan fingerprint density at radius 3 is 2.07 bits per heavy atom. The van der Waals surface area contributed by atoms with Crippen LogP contribution in [-0.4, -0.2) is 52.7 Å². The maximum Gasteiger partial charge on any atom is 0.303 e. The number of hydrogen-bond acceptors (Lipinski definition) is 4. The molecule has 0 amide bonds. The Bertz CT molecular complexity index is 692. The van der Waals surface area contributed by atoms with Crippen LogP contribution in [-0.2, 0) is 9.59 Å². The lowest BCUT2D eigenvalue weighted by molar-refractivity contribution is -0.143. The van der Waals surface area contributed by atoms with Gasteiger partial charge in [0.25, 0.3) is 0 Å². The quantitative estimate of drug-likeness (QED) is 0.652. The zero-order valence-corrected chi connectivity index (χ0v) is 17.1. The van der Waals surface area contributed by atoms with E-state index in [-0.39, 0.29) is 12.8 Å². The van der Waals surface area contributed by atoms with Crippen LogP contribution in [0.25, 0.3) is 0 Å². The number of pyridine rings is 1. The molecule has 2 aromatic rings. The molecule has 2 rings (SSSR count). The highest BCUT2D eigenvalue weighted by molar-refractivity contribution is 9.10. The van der Waals surface area contributed by atoms with Gasteiger partial charge in [-0.1, -0.05) is 34.1 Å². The van der Waals surface area contributed by atoms with Gasteiger partial charge in [-0.05, 0) is 56.9 Å². The zero-order valence-electron chi connectivity index (χ0n) is 15.5. The lowest BCUT2D eigenvalue weighted by Crippen LogP contribution is -2.17. The van der Waals surface area contributed by atoms with Gasteiger partial charge in [-0.25, -0.2) is 0 Å². The Morgan fingerprint density at radius 2 is 1.63 bits per heavy atom. The highest BCUT2D eigenvalue weighted by Gasteiger charge is 2.15. The summed E-state index contributed by atoms with van der Waals surface area (Å²) >= 11 is 3.49. The molecule has 0 aliphatic rings. The molecular formula is C20H25BrN2O4. The molecule has 7 heteroatoms. The van der Waals surface area contributed by atoms with E-state index in [4.69, 9.17) is 10.2 Å². The van der Waals surface area contributed by atoms with Crippen molar-refractivity contribution in [3.8, 4) is 0 Å². The minimum absolute atomic E-state index is 0.296. The first kappa shape index (κ1) is 22.8. The van der Waals surface area contributed by atoms with Gasteiger partial charge in [0.1, 0.15) is 0 Å². The van der Waals surface area contributed by atoms with Gasteiger partial charge in [0.15, 0.2) is 0 Å². The molecular weight excluding hydrogens is 412 g/mol. The van der Waals surface area contributed by atoms with Crippen LogP contribution < -0.4 is 0 Å². The number of rotatable bonds is 8. The highest BCUT2D eigenvalue weighted by Crippen LogP contribution is 2.27. The van der Waals surface area contributed by atoms with E-state index in [1.807, 2.05) is 12.3 Å². The third kappa shape index (κ3) is 9.86. The van der Waals surface area contributed by atoms with E-state index in [0.717, 1.165) is 23.1 Å². The van der Waals surface area contributed by atoms with Crippen LogP contribution in [0.15, 0.2) is 53.1 Å². The summed E-state index contributed by atoms with van der Waals surface area (Å²) in [5.41, 5.74) is 2.47. The maximum absolute atomic E-state index is 9.64. The number of aliphatic carboxylic acids is 2. The SMILES string of the molecule is CN(C)CCC(c1ccc(Br)cc1)c1ccccn1.O=C(O)CCC(=O)O. The Balaban J connectivity index is 0.000000387. The number of halogens is 1. The van der Waals surface area contributed by atoms with E-state index < -0.39 is 11.9 Å². The second kappa shape index (κ2) is 12.2. The van der Waals surface area contributed by atoms with Crippen molar-refractivity contribution in [3.05, 3.63) is 64.4 Å². The van der Waals surface area contributed by atoms with E-state index in [0.29, 0.717) is 5.92 Å². The predicted molar refractivity (Wildman–Crippen MR) is 108 cm³/mol. The minimum Gasteiger partial charge on any atom is -0.481 e. The monoisotopic (exact) mass is 436 g/mol. The second-order valence-electron chi connectivity index (χ2n) is 6.24. The first-order valence-electron chi connectivity index (χ1n) is 8.54. The highest BCUT2D eigenvalue weighted by atomic mass is 79.9. The number of benzene rings is 1. The molecule has 1 aromatic carbocycles. The van der Waals surface area contributed by atoms with Crippen molar-refractivity contribution in [2.75, 3.05) is 20.6 Å². The summed E-state index contributed by atoms with van der Waals surface area (Å²) in [6.07, 6.45) is 2.35. The molecule has 0 fully saturated rings. The molecule has 27 heavy (non-hydrogen) atoms. The number of hydrogen-bond donors (Lipinski definition) is 2. The average molecular weight is 437 g/mol. The third-order valence-electron chi connectivity index (χ3n) is 3.73. The number of carbonyl (C=O) groups is 2. The van der Waals surface area contributed by atoms with E-state index in [9.17, 15) is 9.59 Å². The van der Waals surface area contributed by atoms with Gasteiger partial charge >= 0.3 is 11.9 Å². The van der Waals surface area contributed by atoms with E-state index in [1.54, 1.807) is 0 Å². The summed E-state index contributed by atoms with van der Waals surface area (Å²) in [6, 6.07) is 14.7. The first-order chi connectivity index (χ1) is 12.8. The minimum atomic E-state index is -1.08. The van der Waals surface area contributed by atoms with Gasteiger partial charge in [0, 0.05) is 22.3 Å². The van der Waals surface area contributed by atoms with Crippen LogP contribution in [0.3, 0.4) is 0 Å². The van der Waals surface area contributed by atoms with Gasteiger partial charge in [0.2, 0.25) is 0 Å². The molecule has 2 N–H and O–H groups in total. The van der Waals surface area contributed by atoms with Crippen LogP contribution in [0.4, 0.5) is 0 Å². The molecule has 0 radical (unpaired) electrons. The number of carboxylic acids is 2. The summed E-state index contributed by atoms with van der Waals surface area (Å²) in [7, 11) is 4.22. The Kier molecular flexibility index (Phi) is 10.3. The molecule has 1 unspecified atom stereocenters. The zero-order chi connectivity index (χ0) is 20.2. The van der Waals surface area contributed by atoms with Crippen LogP contribution in [0, 0.1) is 0 Å². The number of nitrogens with zero attached hydrogens (tertiary/aromatic N) is 2. The van der Waals surface area contributed by atoms with E-state index in [2.05, 4.69) is 76.3 Å². The van der Waals surface area contributed by atoms with Crippen LogP contribution in [0.1, 0.15) is 36.4 Å². The molecule has 146 valence electrons. The van der Waals surface area contributed by atoms with Crippen molar-refractivity contribution < 1.29 is 19.8 Å². The molecule has 1 atom stereocenters. The molecule has 1 aromatic heterocycles. The largest absolute Gasteiger partial charge is 0.481 e. The predicted octanol–water partition coefficient (Wildman–Crippen LogP) is 3.86. The maximum atomic E-state index is 9.64. The van der Waals surface area contributed by atoms with Gasteiger partial charge in [-0.3, -0.25) is 14.6 Å². The number of carboxylic acid groups (broad SMARTS) is 2. The average Bonchev–Trinajstić information content (AvgIpc) is 2.63. The van der Waals surface area contributed by atoms with Crippen LogP contribution >= 0.6 is 15.9 Å². The normalized spacial score (nSPS) is 11.4. The Labute approximate surface area is 168 Å². The third-order valence-corrected chi connectivity index (χ3v) is 4.26. The topological polar surface area (TPSA) is 90.7 Å². The van der Waals surface area contributed by atoms with Crippen LogP contribution in [0.5, 0.6) is 0 Å². The summed E-state index contributed by atoms with van der Waals surface area (Å²) < 4.78 is 1.11. The molecule has 0 saturated heterocycles. The van der Waals surface area contributed by atoms with Gasteiger partial charge in [0.05, 0.1) is 12.8 Å². The summed E-state index contributed by atoms with van der Waals surface area (Å²) in [6.45, 7) is 1.05. The van der Waals surface area contributed by atoms with Crippen LogP contribution in [0.2, 0.25) is 0 Å². The van der Waals surface area contributed by atoms with Gasteiger partial charge in [-0.15, -0.1) is 0 Å². The second-order valence-corrected chi connectivity index (χ2v) is 7.15. The molecule has 0 aliphatic carbocycles. The van der Waals surface area contributed by atoms with Crippen molar-refractivity contribution in [2.24, 2.45) is 0 Å². The van der Waals surface area contributed by atoms with Crippen molar-refractivity contribution in [2.45, 2.75) is 25.2 Å². The fourth-order valence-corrected chi connectivity index (χ4v) is 2.63. The van der Waals surface area contributed by atoms with Crippen molar-refractivity contribution in [1.82, 2.24) is 9.88 Å². The smallest absolute Gasteiger partial charge is 0.303 e. The Morgan fingerprint density at radius 1 is 1.04 bits per heavy atom. The summed E-state index contributed by atoms with van der Waals surface area (Å²) in [5, 5.41) is 15.8. The lowest BCUT2D eigenvalue weighted by Gasteiger charge is -2.19. The summed E-state index contributed by atoms with van der Waals surface area (Å²) in [5.74, 6) is -1.79. The Hall–Kier alpha value is -2.25. The lowest BCUT2D eigenvalue weighted by atomic mass is 9.92. The number of aromatic nitrogens is 1. The summed E-state index contributed by atoms with van der Waals surface area (Å²) in [4.78, 5) is 26.0. The molecule has 1 heterocycles. The fraction of sp³-hybridized carbons (Fsp3) is 0.350. The standard InChI is InChI=1S/C16H19BrN2.C4H6O4/c1-19(2)12-10-15(16-5-3-4-11-18-16)13-6-8-14(17)9-7-13;5-3(6)1-2-4(7)8/h3-9,11,15H,10,12H2,1-2H3;1-2H2,(H,5,6)(H,7,8). The molecule has 0 bridgehead atoms. The van der Waals surface area contributed by atoms with Crippen molar-refractivity contribution in [3.63, 3.8) is 0 Å². The first-order valence-corrected chi connectivity index (χ1v) is 9.33. The van der Waals surface area contributed by atoms with Crippen molar-refractivity contribution >= 4 is 27.9 Å². The van der Waals surface area contributed by atoms with Gasteiger partial charge < -0.3 is 15.1 Å². The van der Waals surface area contributed by atoms with E-state index in [1.165, 1.54) is 5.56 Å². The van der Waals surface area contributed by atoms with Gasteiger partial charge in [-0.2, -0.15) is 0 Å². The van der Waals surface area contributed by atoms with E-state index >= 15 is 0 Å². The molecule has 0 saturated carbocycles. The molecule has 0 aliphatic heterocycles. The molecule has 0 spiro atoms. The fourth-order valence-electron chi connectivity index (χ4n) is 2.36. The van der Waals surface area contributed by atoms with Crippen molar-refractivity contribution in [1.29, 1.82) is 0 Å².